The second-order valence-electron chi connectivity index (χ2n) is 5.05. The molecule has 0 aliphatic rings. The van der Waals surface area contributed by atoms with Crippen LogP contribution in [0.2, 0.25) is 5.02 Å². The monoisotopic (exact) mass is 323 g/mol. The molecular weight excluding hydrogens is 309 g/mol. The molecule has 110 valence electrons. The van der Waals surface area contributed by atoms with Gasteiger partial charge in [-0.1, -0.05) is 11.6 Å². The summed E-state index contributed by atoms with van der Waals surface area (Å²) in [4.78, 5) is 8.96. The van der Waals surface area contributed by atoms with Crippen LogP contribution in [0.15, 0.2) is 18.5 Å². The number of nitrogens with zero attached hydrogens (tertiary/aromatic N) is 5. The molecule has 3 aromatic rings. The van der Waals surface area contributed by atoms with E-state index in [9.17, 15) is 0 Å². The zero-order chi connectivity index (χ0) is 15.1. The van der Waals surface area contributed by atoms with Gasteiger partial charge in [-0.05, 0) is 19.9 Å². The maximum absolute atomic E-state index is 6.27. The number of aryl methyl sites for hydroxylation is 1. The van der Waals surface area contributed by atoms with Gasteiger partial charge in [-0.3, -0.25) is 4.68 Å². The molecule has 0 radical (unpaired) electrons. The molecule has 0 aromatic carbocycles. The van der Waals surface area contributed by atoms with Gasteiger partial charge in [0.25, 0.3) is 0 Å². The molecule has 0 N–H and O–H groups in total. The van der Waals surface area contributed by atoms with Crippen molar-refractivity contribution in [3.63, 3.8) is 0 Å². The van der Waals surface area contributed by atoms with E-state index in [0.29, 0.717) is 11.6 Å². The van der Waals surface area contributed by atoms with Gasteiger partial charge in [0.05, 0.1) is 23.1 Å². The fourth-order valence-corrected chi connectivity index (χ4v) is 2.65. The number of rotatable bonds is 3. The molecule has 0 aliphatic carbocycles. The third kappa shape index (κ3) is 2.51. The van der Waals surface area contributed by atoms with Gasteiger partial charge in [0.1, 0.15) is 11.3 Å². The summed E-state index contributed by atoms with van der Waals surface area (Å²) in [7, 11) is 1.92. The Morgan fingerprint density at radius 1 is 1.33 bits per heavy atom. The molecule has 0 saturated carbocycles. The molecule has 0 fully saturated rings. The minimum Gasteiger partial charge on any atom is -0.307 e. The van der Waals surface area contributed by atoms with Crippen LogP contribution < -0.4 is 0 Å². The Bertz CT molecular complexity index is 803. The molecule has 3 heterocycles. The topological polar surface area (TPSA) is 48.5 Å². The average Bonchev–Trinajstić information content (AvgIpc) is 2.94. The van der Waals surface area contributed by atoms with Crippen LogP contribution in [0.4, 0.5) is 0 Å². The molecule has 0 bridgehead atoms. The van der Waals surface area contributed by atoms with Crippen molar-refractivity contribution >= 4 is 34.4 Å². The van der Waals surface area contributed by atoms with E-state index in [0.717, 1.165) is 28.2 Å². The lowest BCUT2D eigenvalue weighted by atomic mass is 10.2. The molecule has 3 rings (SSSR count). The minimum absolute atomic E-state index is 0.213. The summed E-state index contributed by atoms with van der Waals surface area (Å²) >= 11 is 12.3. The minimum atomic E-state index is -0.213. The quantitative estimate of drug-likeness (QED) is 0.693. The Balaban J connectivity index is 2.15. The molecule has 7 heteroatoms. The molecule has 21 heavy (non-hydrogen) atoms. The molecule has 0 aliphatic heterocycles. The molecule has 0 amide bonds. The highest BCUT2D eigenvalue weighted by Gasteiger charge is 2.17. The number of hydrogen-bond acceptors (Lipinski definition) is 3. The largest absolute Gasteiger partial charge is 0.307 e. The van der Waals surface area contributed by atoms with Crippen molar-refractivity contribution in [1.29, 1.82) is 0 Å². The molecule has 0 saturated heterocycles. The van der Waals surface area contributed by atoms with Crippen LogP contribution in [0, 0.1) is 6.92 Å². The van der Waals surface area contributed by atoms with Crippen LogP contribution in [0.5, 0.6) is 0 Å². The maximum Gasteiger partial charge on any atom is 0.160 e. The third-order valence-electron chi connectivity index (χ3n) is 3.60. The highest BCUT2D eigenvalue weighted by atomic mass is 35.5. The van der Waals surface area contributed by atoms with Crippen molar-refractivity contribution in [1.82, 2.24) is 24.3 Å². The zero-order valence-electron chi connectivity index (χ0n) is 12.0. The van der Waals surface area contributed by atoms with E-state index in [2.05, 4.69) is 15.1 Å². The Morgan fingerprint density at radius 2 is 2.10 bits per heavy atom. The second kappa shape index (κ2) is 5.31. The van der Waals surface area contributed by atoms with Crippen LogP contribution >= 0.6 is 23.2 Å². The van der Waals surface area contributed by atoms with E-state index in [1.165, 1.54) is 0 Å². The summed E-state index contributed by atoms with van der Waals surface area (Å²) in [5, 5.41) is 4.63. The summed E-state index contributed by atoms with van der Waals surface area (Å²) in [5.74, 6) is 0.782. The highest BCUT2D eigenvalue weighted by Crippen LogP contribution is 2.26. The first kappa shape index (κ1) is 14.4. The number of alkyl halides is 1. The predicted octanol–water partition coefficient (Wildman–Crippen LogP) is 3.47. The van der Waals surface area contributed by atoms with E-state index in [-0.39, 0.29) is 5.38 Å². The highest BCUT2D eigenvalue weighted by molar-refractivity contribution is 6.31. The fraction of sp³-hybridized carbons (Fsp3) is 0.357. The number of pyridine rings is 1. The van der Waals surface area contributed by atoms with Gasteiger partial charge in [-0.25, -0.2) is 9.97 Å². The van der Waals surface area contributed by atoms with E-state index >= 15 is 0 Å². The SMILES string of the molecule is Cc1c(Cn2c(C(C)Cl)nc3cc(Cl)cnc32)cnn1C. The van der Waals surface area contributed by atoms with Gasteiger partial charge >= 0.3 is 0 Å². The second-order valence-corrected chi connectivity index (χ2v) is 6.14. The fourth-order valence-electron chi connectivity index (χ4n) is 2.33. The van der Waals surface area contributed by atoms with Gasteiger partial charge in [-0.15, -0.1) is 11.6 Å². The standard InChI is InChI=1S/C14H15Cl2N5/c1-8(15)13-19-12-4-11(16)6-17-14(12)21(13)7-10-5-18-20(3)9(10)2/h4-6,8H,7H2,1-3H3. The molecular formula is C14H15Cl2N5. The first-order valence-corrected chi connectivity index (χ1v) is 7.42. The lowest BCUT2D eigenvalue weighted by Crippen LogP contribution is -2.07. The van der Waals surface area contributed by atoms with Crippen molar-refractivity contribution in [2.45, 2.75) is 25.8 Å². The van der Waals surface area contributed by atoms with E-state index in [4.69, 9.17) is 23.2 Å². The van der Waals surface area contributed by atoms with Crippen LogP contribution in [0.1, 0.15) is 29.4 Å². The van der Waals surface area contributed by atoms with Gasteiger partial charge in [0.2, 0.25) is 0 Å². The normalized spacial score (nSPS) is 13.0. The Hall–Kier alpha value is -1.59. The first-order chi connectivity index (χ1) is 9.97. The van der Waals surface area contributed by atoms with Gasteiger partial charge in [-0.2, -0.15) is 5.10 Å². The van der Waals surface area contributed by atoms with Gasteiger partial charge < -0.3 is 4.57 Å². The Kier molecular flexibility index (Phi) is 3.63. The van der Waals surface area contributed by atoms with E-state index in [1.54, 1.807) is 12.3 Å². The van der Waals surface area contributed by atoms with Crippen LogP contribution in [-0.4, -0.2) is 24.3 Å². The third-order valence-corrected chi connectivity index (χ3v) is 4.00. The average molecular weight is 324 g/mol. The number of hydrogen-bond donors (Lipinski definition) is 0. The summed E-state index contributed by atoms with van der Waals surface area (Å²) in [6.07, 6.45) is 3.49. The predicted molar refractivity (Wildman–Crippen MR) is 83.9 cm³/mol. The van der Waals surface area contributed by atoms with Crippen molar-refractivity contribution in [3.8, 4) is 0 Å². The molecule has 1 atom stereocenters. The number of imidazole rings is 1. The Labute approximate surface area is 132 Å². The van der Waals surface area contributed by atoms with E-state index in [1.807, 2.05) is 36.3 Å². The zero-order valence-corrected chi connectivity index (χ0v) is 13.5. The van der Waals surface area contributed by atoms with E-state index < -0.39 is 0 Å². The van der Waals surface area contributed by atoms with Gasteiger partial charge in [0.15, 0.2) is 5.65 Å². The summed E-state index contributed by atoms with van der Waals surface area (Å²) < 4.78 is 3.87. The lowest BCUT2D eigenvalue weighted by molar-refractivity contribution is 0.717. The maximum atomic E-state index is 6.27. The van der Waals surface area contributed by atoms with Gasteiger partial charge in [0, 0.05) is 24.5 Å². The van der Waals surface area contributed by atoms with Crippen LogP contribution in [0.25, 0.3) is 11.2 Å². The number of aromatic nitrogens is 5. The summed E-state index contributed by atoms with van der Waals surface area (Å²) in [6, 6.07) is 1.80. The molecule has 5 nitrogen and oxygen atoms in total. The Morgan fingerprint density at radius 3 is 2.71 bits per heavy atom. The first-order valence-electron chi connectivity index (χ1n) is 6.60. The van der Waals surface area contributed by atoms with Crippen molar-refractivity contribution in [3.05, 3.63) is 40.6 Å². The molecule has 1 unspecified atom stereocenters. The van der Waals surface area contributed by atoms with Crippen molar-refractivity contribution in [2.75, 3.05) is 0 Å². The van der Waals surface area contributed by atoms with Crippen molar-refractivity contribution in [2.24, 2.45) is 7.05 Å². The van der Waals surface area contributed by atoms with Crippen LogP contribution in [0.3, 0.4) is 0 Å². The summed E-state index contributed by atoms with van der Waals surface area (Å²) in [6.45, 7) is 4.57. The number of fused-ring (bicyclic) bond motifs is 1. The number of halogens is 2. The smallest absolute Gasteiger partial charge is 0.160 e. The van der Waals surface area contributed by atoms with Crippen molar-refractivity contribution < 1.29 is 0 Å². The molecule has 3 aromatic heterocycles. The summed E-state index contributed by atoms with van der Waals surface area (Å²) in [5.41, 5.74) is 3.77. The lowest BCUT2D eigenvalue weighted by Gasteiger charge is -2.09. The van der Waals surface area contributed by atoms with Crippen LogP contribution in [-0.2, 0) is 13.6 Å². The molecule has 0 spiro atoms.